The molecule has 68 valence electrons. The molecule has 1 rings (SSSR count). The first kappa shape index (κ1) is 9.33. The summed E-state index contributed by atoms with van der Waals surface area (Å²) in [5, 5.41) is 10.8. The van der Waals surface area contributed by atoms with Crippen molar-refractivity contribution in [2.45, 2.75) is 13.3 Å². The molecule has 0 aromatic carbocycles. The Hall–Kier alpha value is -1.76. The van der Waals surface area contributed by atoms with Gasteiger partial charge in [-0.15, -0.1) is 0 Å². The lowest BCUT2D eigenvalue weighted by Gasteiger charge is -1.99. The molecule has 1 amide bonds. The fourth-order valence-electron chi connectivity index (χ4n) is 0.918. The lowest BCUT2D eigenvalue weighted by molar-refractivity contribution is 0.0926. The van der Waals surface area contributed by atoms with Gasteiger partial charge in [0, 0.05) is 12.1 Å². The first-order chi connectivity index (χ1) is 6.25. The number of nitrogens with zero attached hydrogens (tertiary/aromatic N) is 1. The fourth-order valence-corrected chi connectivity index (χ4v) is 0.918. The Balaban J connectivity index is 2.50. The number of carbonyl (C=O) groups excluding carboxylic acids is 1. The van der Waals surface area contributed by atoms with Gasteiger partial charge in [-0.3, -0.25) is 4.79 Å². The standard InChI is InChI=1S/C9H10N2O2/c1-7-3-6-13-8(7)9(12)11-5-2-4-10/h3,6H,2,5H2,1H3,(H,11,12). The van der Waals surface area contributed by atoms with Crippen LogP contribution in [0.25, 0.3) is 0 Å². The van der Waals surface area contributed by atoms with Crippen molar-refractivity contribution in [1.29, 1.82) is 5.26 Å². The van der Waals surface area contributed by atoms with E-state index in [0.29, 0.717) is 18.7 Å². The predicted octanol–water partition coefficient (Wildman–Crippen LogP) is 1.23. The number of hydrogen-bond acceptors (Lipinski definition) is 3. The number of furan rings is 1. The SMILES string of the molecule is Cc1ccoc1C(=O)NCCC#N. The molecule has 0 aliphatic heterocycles. The number of carbonyl (C=O) groups is 1. The Labute approximate surface area is 76.2 Å². The summed E-state index contributed by atoms with van der Waals surface area (Å²) in [6, 6.07) is 3.66. The topological polar surface area (TPSA) is 66.0 Å². The van der Waals surface area contributed by atoms with E-state index in [4.69, 9.17) is 9.68 Å². The van der Waals surface area contributed by atoms with E-state index in [2.05, 4.69) is 5.32 Å². The van der Waals surface area contributed by atoms with Crippen LogP contribution in [-0.4, -0.2) is 12.5 Å². The molecular weight excluding hydrogens is 168 g/mol. The van der Waals surface area contributed by atoms with Crippen molar-refractivity contribution in [3.05, 3.63) is 23.7 Å². The second-order valence-corrected chi connectivity index (χ2v) is 2.60. The van der Waals surface area contributed by atoms with Crippen LogP contribution in [0.1, 0.15) is 22.5 Å². The molecule has 1 heterocycles. The number of rotatable bonds is 3. The van der Waals surface area contributed by atoms with Crippen molar-refractivity contribution in [3.8, 4) is 6.07 Å². The summed E-state index contributed by atoms with van der Waals surface area (Å²) in [6.07, 6.45) is 1.78. The Kier molecular flexibility index (Phi) is 3.09. The van der Waals surface area contributed by atoms with Crippen LogP contribution in [0.15, 0.2) is 16.7 Å². The van der Waals surface area contributed by atoms with Crippen LogP contribution >= 0.6 is 0 Å². The number of nitriles is 1. The van der Waals surface area contributed by atoms with E-state index >= 15 is 0 Å². The van der Waals surface area contributed by atoms with Crippen LogP contribution in [0, 0.1) is 18.3 Å². The lowest BCUT2D eigenvalue weighted by Crippen LogP contribution is -2.24. The van der Waals surface area contributed by atoms with E-state index < -0.39 is 0 Å². The summed E-state index contributed by atoms with van der Waals surface area (Å²) in [5.74, 6) is 0.0516. The molecule has 0 atom stereocenters. The van der Waals surface area contributed by atoms with Crippen LogP contribution in [-0.2, 0) is 0 Å². The second-order valence-electron chi connectivity index (χ2n) is 2.60. The first-order valence-corrected chi connectivity index (χ1v) is 3.95. The van der Waals surface area contributed by atoms with E-state index in [1.54, 1.807) is 13.0 Å². The van der Waals surface area contributed by atoms with Gasteiger partial charge in [0.1, 0.15) is 0 Å². The van der Waals surface area contributed by atoms with Crippen LogP contribution in [0.2, 0.25) is 0 Å². The first-order valence-electron chi connectivity index (χ1n) is 3.95. The Morgan fingerprint density at radius 3 is 3.08 bits per heavy atom. The predicted molar refractivity (Wildman–Crippen MR) is 46.0 cm³/mol. The summed E-state index contributed by atoms with van der Waals surface area (Å²) in [5.41, 5.74) is 0.800. The van der Waals surface area contributed by atoms with Crippen LogP contribution in [0.4, 0.5) is 0 Å². The molecule has 1 aromatic rings. The molecule has 0 radical (unpaired) electrons. The van der Waals surface area contributed by atoms with Crippen molar-refractivity contribution in [2.75, 3.05) is 6.54 Å². The van der Waals surface area contributed by atoms with Gasteiger partial charge in [0.15, 0.2) is 5.76 Å². The molecule has 1 aromatic heterocycles. The molecule has 0 bridgehead atoms. The molecule has 0 aliphatic carbocycles. The van der Waals surface area contributed by atoms with Gasteiger partial charge in [-0.2, -0.15) is 5.26 Å². The maximum absolute atomic E-state index is 11.3. The minimum Gasteiger partial charge on any atom is -0.459 e. The van der Waals surface area contributed by atoms with Crippen molar-refractivity contribution in [1.82, 2.24) is 5.32 Å². The highest BCUT2D eigenvalue weighted by molar-refractivity contribution is 5.92. The average molecular weight is 178 g/mol. The summed E-state index contributed by atoms with van der Waals surface area (Å²) < 4.78 is 4.96. The maximum Gasteiger partial charge on any atom is 0.287 e. The highest BCUT2D eigenvalue weighted by Gasteiger charge is 2.10. The van der Waals surface area contributed by atoms with Gasteiger partial charge in [-0.1, -0.05) is 0 Å². The summed E-state index contributed by atoms with van der Waals surface area (Å²) >= 11 is 0. The van der Waals surface area contributed by atoms with E-state index in [0.717, 1.165) is 5.56 Å². The number of amides is 1. The largest absolute Gasteiger partial charge is 0.459 e. The Bertz CT molecular complexity index is 336. The van der Waals surface area contributed by atoms with Gasteiger partial charge in [-0.25, -0.2) is 0 Å². The zero-order valence-corrected chi connectivity index (χ0v) is 7.33. The number of nitrogens with one attached hydrogen (secondary N) is 1. The smallest absolute Gasteiger partial charge is 0.287 e. The van der Waals surface area contributed by atoms with Crippen LogP contribution in [0.5, 0.6) is 0 Å². The maximum atomic E-state index is 11.3. The Morgan fingerprint density at radius 1 is 1.77 bits per heavy atom. The van der Waals surface area contributed by atoms with Crippen molar-refractivity contribution < 1.29 is 9.21 Å². The molecule has 0 saturated heterocycles. The summed E-state index contributed by atoms with van der Waals surface area (Å²) in [6.45, 7) is 2.15. The van der Waals surface area contributed by atoms with Crippen LogP contribution in [0.3, 0.4) is 0 Å². The zero-order valence-electron chi connectivity index (χ0n) is 7.33. The zero-order chi connectivity index (χ0) is 9.68. The third-order valence-electron chi connectivity index (χ3n) is 1.59. The van der Waals surface area contributed by atoms with Gasteiger partial charge in [0.05, 0.1) is 18.8 Å². The van der Waals surface area contributed by atoms with Crippen molar-refractivity contribution in [3.63, 3.8) is 0 Å². The van der Waals surface area contributed by atoms with E-state index in [1.165, 1.54) is 6.26 Å². The quantitative estimate of drug-likeness (QED) is 0.708. The van der Waals surface area contributed by atoms with Crippen LogP contribution < -0.4 is 5.32 Å². The third kappa shape index (κ3) is 2.34. The van der Waals surface area contributed by atoms with Crippen molar-refractivity contribution >= 4 is 5.91 Å². The number of hydrogen-bond donors (Lipinski definition) is 1. The molecular formula is C9H10N2O2. The fraction of sp³-hybridized carbons (Fsp3) is 0.333. The lowest BCUT2D eigenvalue weighted by atomic mass is 10.2. The normalized spacial score (nSPS) is 9.23. The monoisotopic (exact) mass is 178 g/mol. The van der Waals surface area contributed by atoms with E-state index in [9.17, 15) is 4.79 Å². The third-order valence-corrected chi connectivity index (χ3v) is 1.59. The highest BCUT2D eigenvalue weighted by Crippen LogP contribution is 2.07. The Morgan fingerprint density at radius 2 is 2.54 bits per heavy atom. The minimum absolute atomic E-state index is 0.266. The van der Waals surface area contributed by atoms with Gasteiger partial charge in [0.25, 0.3) is 5.91 Å². The number of aryl methyl sites for hydroxylation is 1. The molecule has 13 heavy (non-hydrogen) atoms. The minimum atomic E-state index is -0.266. The highest BCUT2D eigenvalue weighted by atomic mass is 16.3. The van der Waals surface area contributed by atoms with Gasteiger partial charge in [-0.05, 0) is 13.0 Å². The molecule has 0 aliphatic rings. The molecule has 0 spiro atoms. The van der Waals surface area contributed by atoms with Gasteiger partial charge >= 0.3 is 0 Å². The summed E-state index contributed by atoms with van der Waals surface area (Å²) in [4.78, 5) is 11.3. The average Bonchev–Trinajstić information content (AvgIpc) is 2.52. The van der Waals surface area contributed by atoms with Gasteiger partial charge < -0.3 is 9.73 Å². The second kappa shape index (κ2) is 4.31. The molecule has 4 heteroatoms. The van der Waals surface area contributed by atoms with E-state index in [-0.39, 0.29) is 5.91 Å². The molecule has 1 N–H and O–H groups in total. The molecule has 0 saturated carbocycles. The summed E-state index contributed by atoms with van der Waals surface area (Å²) in [7, 11) is 0. The molecule has 0 fully saturated rings. The molecule has 0 unspecified atom stereocenters. The molecule has 4 nitrogen and oxygen atoms in total. The van der Waals surface area contributed by atoms with Crippen molar-refractivity contribution in [2.24, 2.45) is 0 Å². The van der Waals surface area contributed by atoms with E-state index in [1.807, 2.05) is 6.07 Å². The van der Waals surface area contributed by atoms with Gasteiger partial charge in [0.2, 0.25) is 0 Å².